The number of hydrogen-bond acceptors (Lipinski definition) is 5. The van der Waals surface area contributed by atoms with Crippen LogP contribution in [0.1, 0.15) is 13.3 Å². The van der Waals surface area contributed by atoms with Gasteiger partial charge < -0.3 is 5.41 Å². The van der Waals surface area contributed by atoms with E-state index in [1.807, 2.05) is 12.1 Å². The molecule has 0 rings (SSSR count). The largest absolute Gasteiger partial charge is 0.308 e. The molecular formula is C8H9N3S2. The second-order valence-electron chi connectivity index (χ2n) is 2.32. The van der Waals surface area contributed by atoms with Gasteiger partial charge in [-0.25, -0.2) is 0 Å². The number of thioether (sulfide) groups is 1. The normalized spacial score (nSPS) is 11.0. The summed E-state index contributed by atoms with van der Waals surface area (Å²) in [6.07, 6.45) is 0.417. The van der Waals surface area contributed by atoms with E-state index in [9.17, 15) is 0 Å². The Balaban J connectivity index is 4.04. The van der Waals surface area contributed by atoms with Crippen LogP contribution in [0.25, 0.3) is 0 Å². The fourth-order valence-electron chi connectivity index (χ4n) is 0.607. The standard InChI is InChI=1S/C8H9N3S2/c1-6(11)7(5-10)8(12)13-4-2-3-9/h7,11H,2,4H2,1H3. The van der Waals surface area contributed by atoms with Crippen LogP contribution in [0.5, 0.6) is 0 Å². The first kappa shape index (κ1) is 12.1. The van der Waals surface area contributed by atoms with Gasteiger partial charge in [-0.05, 0) is 6.92 Å². The molecular weight excluding hydrogens is 202 g/mol. The van der Waals surface area contributed by atoms with Gasteiger partial charge in [0, 0.05) is 17.9 Å². The highest BCUT2D eigenvalue weighted by Gasteiger charge is 2.15. The van der Waals surface area contributed by atoms with E-state index >= 15 is 0 Å². The summed E-state index contributed by atoms with van der Waals surface area (Å²) in [7, 11) is 0. The van der Waals surface area contributed by atoms with Gasteiger partial charge >= 0.3 is 0 Å². The van der Waals surface area contributed by atoms with Gasteiger partial charge in [-0.1, -0.05) is 12.2 Å². The lowest BCUT2D eigenvalue weighted by Crippen LogP contribution is -2.15. The molecule has 0 spiro atoms. The zero-order valence-electron chi connectivity index (χ0n) is 7.20. The van der Waals surface area contributed by atoms with Gasteiger partial charge in [0.25, 0.3) is 0 Å². The fourth-order valence-corrected chi connectivity index (χ4v) is 1.88. The van der Waals surface area contributed by atoms with Gasteiger partial charge in [-0.15, -0.1) is 11.8 Å². The maximum absolute atomic E-state index is 8.67. The van der Waals surface area contributed by atoms with E-state index < -0.39 is 5.92 Å². The average Bonchev–Trinajstić information content (AvgIpc) is 2.05. The van der Waals surface area contributed by atoms with Crippen LogP contribution in [0.4, 0.5) is 0 Å². The molecule has 1 unspecified atom stereocenters. The minimum Gasteiger partial charge on any atom is -0.308 e. The van der Waals surface area contributed by atoms with Crippen LogP contribution in [0.2, 0.25) is 0 Å². The van der Waals surface area contributed by atoms with Gasteiger partial charge in [-0.3, -0.25) is 0 Å². The lowest BCUT2D eigenvalue weighted by atomic mass is 10.1. The number of nitrogens with one attached hydrogen (secondary N) is 1. The van der Waals surface area contributed by atoms with E-state index in [-0.39, 0.29) is 5.71 Å². The zero-order valence-corrected chi connectivity index (χ0v) is 8.84. The lowest BCUT2D eigenvalue weighted by molar-refractivity contribution is 1.20. The van der Waals surface area contributed by atoms with Crippen molar-refractivity contribution in [2.24, 2.45) is 5.92 Å². The van der Waals surface area contributed by atoms with Crippen LogP contribution < -0.4 is 0 Å². The third kappa shape index (κ3) is 4.62. The van der Waals surface area contributed by atoms with Gasteiger partial charge in [0.05, 0.1) is 16.3 Å². The summed E-state index contributed by atoms with van der Waals surface area (Å²) in [5.74, 6) is 0.0135. The number of rotatable bonds is 4. The maximum atomic E-state index is 8.67. The quantitative estimate of drug-likeness (QED) is 0.439. The van der Waals surface area contributed by atoms with Crippen molar-refractivity contribution in [3.63, 3.8) is 0 Å². The second-order valence-corrected chi connectivity index (χ2v) is 4.16. The highest BCUT2D eigenvalue weighted by Crippen LogP contribution is 2.15. The van der Waals surface area contributed by atoms with Crippen molar-refractivity contribution in [2.75, 3.05) is 5.75 Å². The SMILES string of the molecule is CC(=N)C(C#N)C(=S)SCCC#N. The molecule has 0 aliphatic carbocycles. The minimum atomic E-state index is -0.585. The van der Waals surface area contributed by atoms with Crippen molar-refractivity contribution < 1.29 is 0 Å². The molecule has 13 heavy (non-hydrogen) atoms. The van der Waals surface area contributed by atoms with Gasteiger partial charge in [0.2, 0.25) is 0 Å². The molecule has 0 saturated heterocycles. The van der Waals surface area contributed by atoms with Gasteiger partial charge in [0.1, 0.15) is 5.92 Å². The average molecular weight is 211 g/mol. The number of nitriles is 2. The number of thiocarbonyl (C=S) groups is 1. The molecule has 0 saturated carbocycles. The first-order valence-corrected chi connectivity index (χ1v) is 5.01. The van der Waals surface area contributed by atoms with Crippen molar-refractivity contribution in [1.82, 2.24) is 0 Å². The Morgan fingerprint density at radius 3 is 2.62 bits per heavy atom. The Morgan fingerprint density at radius 1 is 1.62 bits per heavy atom. The van der Waals surface area contributed by atoms with Crippen molar-refractivity contribution >= 4 is 33.9 Å². The van der Waals surface area contributed by atoms with Crippen LogP contribution in [0, 0.1) is 34.0 Å². The Labute approximate surface area is 87.2 Å². The van der Waals surface area contributed by atoms with Crippen molar-refractivity contribution in [3.05, 3.63) is 0 Å². The van der Waals surface area contributed by atoms with E-state index in [0.717, 1.165) is 0 Å². The van der Waals surface area contributed by atoms with E-state index in [1.54, 1.807) is 6.92 Å². The molecule has 0 fully saturated rings. The molecule has 5 heteroatoms. The van der Waals surface area contributed by atoms with Crippen molar-refractivity contribution in [3.8, 4) is 12.1 Å². The Kier molecular flexibility index (Phi) is 6.13. The van der Waals surface area contributed by atoms with Crippen LogP contribution in [0.3, 0.4) is 0 Å². The third-order valence-corrected chi connectivity index (χ3v) is 2.77. The van der Waals surface area contributed by atoms with E-state index in [0.29, 0.717) is 16.4 Å². The molecule has 0 aromatic heterocycles. The lowest BCUT2D eigenvalue weighted by Gasteiger charge is -2.06. The molecule has 0 aliphatic heterocycles. The minimum absolute atomic E-state index is 0.261. The molecule has 0 bridgehead atoms. The van der Waals surface area contributed by atoms with Crippen LogP contribution in [-0.4, -0.2) is 15.7 Å². The predicted octanol–water partition coefficient (Wildman–Crippen LogP) is 2.14. The van der Waals surface area contributed by atoms with E-state index in [2.05, 4.69) is 0 Å². The number of hydrogen-bond donors (Lipinski definition) is 1. The maximum Gasteiger partial charge on any atom is 0.124 e. The Morgan fingerprint density at radius 2 is 2.23 bits per heavy atom. The molecule has 1 atom stereocenters. The summed E-state index contributed by atoms with van der Waals surface area (Å²) >= 11 is 6.26. The van der Waals surface area contributed by atoms with Crippen LogP contribution in [-0.2, 0) is 0 Å². The van der Waals surface area contributed by atoms with Gasteiger partial charge in [0.15, 0.2) is 0 Å². The van der Waals surface area contributed by atoms with E-state index in [4.69, 9.17) is 28.2 Å². The molecule has 0 amide bonds. The third-order valence-electron chi connectivity index (χ3n) is 1.26. The van der Waals surface area contributed by atoms with E-state index in [1.165, 1.54) is 11.8 Å². The Bertz CT molecular complexity index is 285. The van der Waals surface area contributed by atoms with Crippen molar-refractivity contribution in [2.45, 2.75) is 13.3 Å². The second kappa shape index (κ2) is 6.59. The first-order chi connectivity index (χ1) is 6.13. The molecule has 0 heterocycles. The molecule has 1 N–H and O–H groups in total. The van der Waals surface area contributed by atoms with Crippen LogP contribution in [0.15, 0.2) is 0 Å². The summed E-state index contributed by atoms with van der Waals surface area (Å²) in [6.45, 7) is 1.56. The zero-order chi connectivity index (χ0) is 10.3. The highest BCUT2D eigenvalue weighted by atomic mass is 32.2. The topological polar surface area (TPSA) is 71.4 Å². The smallest absolute Gasteiger partial charge is 0.124 e. The summed E-state index contributed by atoms with van der Waals surface area (Å²) in [6, 6.07) is 3.95. The summed E-state index contributed by atoms with van der Waals surface area (Å²) in [5, 5.41) is 24.2. The fraction of sp³-hybridized carbons (Fsp3) is 0.500. The summed E-state index contributed by atoms with van der Waals surface area (Å²) < 4.78 is 0.491. The molecule has 0 aromatic carbocycles. The molecule has 0 radical (unpaired) electrons. The van der Waals surface area contributed by atoms with Gasteiger partial charge in [-0.2, -0.15) is 10.5 Å². The highest BCUT2D eigenvalue weighted by molar-refractivity contribution is 8.23. The molecule has 3 nitrogen and oxygen atoms in total. The number of nitrogens with zero attached hydrogens (tertiary/aromatic N) is 2. The first-order valence-electron chi connectivity index (χ1n) is 3.61. The molecule has 68 valence electrons. The molecule has 0 aromatic rings. The van der Waals surface area contributed by atoms with Crippen molar-refractivity contribution in [1.29, 1.82) is 15.9 Å². The predicted molar refractivity (Wildman–Crippen MR) is 57.8 cm³/mol. The summed E-state index contributed by atoms with van der Waals surface area (Å²) in [4.78, 5) is 0. The van der Waals surface area contributed by atoms with Crippen LogP contribution >= 0.6 is 24.0 Å². The summed E-state index contributed by atoms with van der Waals surface area (Å²) in [5.41, 5.74) is 0.261. The monoisotopic (exact) mass is 211 g/mol. The Hall–Kier alpha value is -0.910. The molecule has 0 aliphatic rings.